The van der Waals surface area contributed by atoms with E-state index >= 15 is 0 Å². The van der Waals surface area contributed by atoms with E-state index in [9.17, 15) is 9.59 Å². The Bertz CT molecular complexity index is 626. The number of rotatable bonds is 4. The number of nitrogens with zero attached hydrogens (tertiary/aromatic N) is 1. The van der Waals surface area contributed by atoms with Gasteiger partial charge in [-0.1, -0.05) is 6.92 Å². The third-order valence-corrected chi connectivity index (χ3v) is 6.23. The summed E-state index contributed by atoms with van der Waals surface area (Å²) in [5.41, 5.74) is 7.14. The molecule has 1 saturated heterocycles. The molecule has 0 unspecified atom stereocenters. The smallest absolute Gasteiger partial charge is 0.251 e. The molecule has 0 bridgehead atoms. The molecule has 3 rings (SSSR count). The van der Waals surface area contributed by atoms with Gasteiger partial charge in [0.25, 0.3) is 5.91 Å². The monoisotopic (exact) mass is 335 g/mol. The summed E-state index contributed by atoms with van der Waals surface area (Å²) in [6, 6.07) is -0.185. The zero-order chi connectivity index (χ0) is 16.6. The number of nitrogens with two attached hydrogens (primary N) is 1. The van der Waals surface area contributed by atoms with Crippen LogP contribution in [0.4, 0.5) is 5.00 Å². The molecule has 23 heavy (non-hydrogen) atoms. The van der Waals surface area contributed by atoms with Crippen LogP contribution in [0.25, 0.3) is 0 Å². The number of carbonyl (C=O) groups excluding carboxylic acids is 2. The van der Waals surface area contributed by atoms with E-state index in [-0.39, 0.29) is 11.9 Å². The van der Waals surface area contributed by atoms with Crippen molar-refractivity contribution < 1.29 is 9.59 Å². The maximum Gasteiger partial charge on any atom is 0.251 e. The van der Waals surface area contributed by atoms with Crippen molar-refractivity contribution in [1.82, 2.24) is 4.90 Å². The van der Waals surface area contributed by atoms with Gasteiger partial charge < -0.3 is 11.1 Å². The summed E-state index contributed by atoms with van der Waals surface area (Å²) in [4.78, 5) is 27.9. The Labute approximate surface area is 141 Å². The van der Waals surface area contributed by atoms with E-state index in [0.29, 0.717) is 16.5 Å². The molecule has 0 spiro atoms. The van der Waals surface area contributed by atoms with Crippen molar-refractivity contribution in [3.8, 4) is 0 Å². The molecule has 3 N–H and O–H groups in total. The highest BCUT2D eigenvalue weighted by molar-refractivity contribution is 7.17. The number of carbonyl (C=O) groups is 2. The van der Waals surface area contributed by atoms with Crippen LogP contribution in [0.5, 0.6) is 0 Å². The Morgan fingerprint density at radius 1 is 1.35 bits per heavy atom. The Morgan fingerprint density at radius 2 is 2.13 bits per heavy atom. The van der Waals surface area contributed by atoms with Gasteiger partial charge in [-0.2, -0.15) is 0 Å². The Kier molecular flexibility index (Phi) is 4.73. The van der Waals surface area contributed by atoms with E-state index in [2.05, 4.69) is 17.1 Å². The van der Waals surface area contributed by atoms with Crippen LogP contribution in [0.1, 0.15) is 53.9 Å². The number of amides is 2. The number of aryl methyl sites for hydroxylation is 1. The predicted molar refractivity (Wildman–Crippen MR) is 92.9 cm³/mol. The highest BCUT2D eigenvalue weighted by Gasteiger charge is 2.29. The first-order valence-electron chi connectivity index (χ1n) is 8.46. The fourth-order valence-corrected chi connectivity index (χ4v) is 5.01. The van der Waals surface area contributed by atoms with Gasteiger partial charge in [0.15, 0.2) is 0 Å². The van der Waals surface area contributed by atoms with Crippen molar-refractivity contribution in [3.63, 3.8) is 0 Å². The molecule has 0 radical (unpaired) electrons. The molecular formula is C17H25N3O2S. The quantitative estimate of drug-likeness (QED) is 0.887. The van der Waals surface area contributed by atoms with E-state index in [4.69, 9.17) is 5.73 Å². The van der Waals surface area contributed by atoms with E-state index in [1.54, 1.807) is 0 Å². The lowest BCUT2D eigenvalue weighted by molar-refractivity contribution is -0.121. The van der Waals surface area contributed by atoms with Crippen LogP contribution in [0.3, 0.4) is 0 Å². The first-order chi connectivity index (χ1) is 11.0. The van der Waals surface area contributed by atoms with E-state index in [0.717, 1.165) is 44.3 Å². The number of hydrogen-bond donors (Lipinski definition) is 2. The third kappa shape index (κ3) is 3.28. The topological polar surface area (TPSA) is 75.4 Å². The van der Waals surface area contributed by atoms with Crippen LogP contribution in [0, 0.1) is 5.92 Å². The number of fused-ring (bicyclic) bond motifs is 1. The van der Waals surface area contributed by atoms with Gasteiger partial charge in [-0.25, -0.2) is 0 Å². The minimum Gasteiger partial charge on any atom is -0.365 e. The average Bonchev–Trinajstić information content (AvgIpc) is 3.06. The number of thiophene rings is 1. The third-order valence-electron chi connectivity index (χ3n) is 5.02. The summed E-state index contributed by atoms with van der Waals surface area (Å²) in [7, 11) is 0. The van der Waals surface area contributed by atoms with Gasteiger partial charge in [-0.3, -0.25) is 14.5 Å². The average molecular weight is 335 g/mol. The van der Waals surface area contributed by atoms with Gasteiger partial charge in [0.05, 0.1) is 11.6 Å². The van der Waals surface area contributed by atoms with Crippen LogP contribution < -0.4 is 11.1 Å². The van der Waals surface area contributed by atoms with Crippen LogP contribution in [-0.2, 0) is 17.6 Å². The molecule has 1 aliphatic carbocycles. The van der Waals surface area contributed by atoms with Crippen molar-refractivity contribution in [2.24, 2.45) is 11.7 Å². The van der Waals surface area contributed by atoms with Crippen molar-refractivity contribution in [3.05, 3.63) is 16.0 Å². The van der Waals surface area contributed by atoms with E-state index < -0.39 is 5.91 Å². The van der Waals surface area contributed by atoms with Crippen molar-refractivity contribution in [2.45, 2.75) is 52.0 Å². The van der Waals surface area contributed by atoms with Crippen molar-refractivity contribution >= 4 is 28.2 Å². The minimum absolute atomic E-state index is 0.0403. The molecule has 126 valence electrons. The predicted octanol–water partition coefficient (Wildman–Crippen LogP) is 2.39. The molecule has 0 aromatic carbocycles. The Balaban J connectivity index is 1.74. The van der Waals surface area contributed by atoms with Gasteiger partial charge in [0, 0.05) is 11.4 Å². The van der Waals surface area contributed by atoms with Gasteiger partial charge in [-0.15, -0.1) is 11.3 Å². The fraction of sp³-hybridized carbons (Fsp3) is 0.647. The summed E-state index contributed by atoms with van der Waals surface area (Å²) in [5, 5.41) is 3.61. The molecule has 1 aliphatic heterocycles. The van der Waals surface area contributed by atoms with Crippen LogP contribution in [0.2, 0.25) is 0 Å². The minimum atomic E-state index is -0.432. The van der Waals surface area contributed by atoms with Gasteiger partial charge in [0.2, 0.25) is 5.91 Å². The largest absolute Gasteiger partial charge is 0.365 e. The fourth-order valence-electron chi connectivity index (χ4n) is 3.71. The Morgan fingerprint density at radius 3 is 2.83 bits per heavy atom. The molecule has 1 fully saturated rings. The second-order valence-electron chi connectivity index (χ2n) is 6.83. The molecule has 1 aromatic rings. The van der Waals surface area contributed by atoms with Gasteiger partial charge in [-0.05, 0) is 57.1 Å². The first-order valence-corrected chi connectivity index (χ1v) is 9.28. The van der Waals surface area contributed by atoms with Crippen molar-refractivity contribution in [2.75, 3.05) is 18.4 Å². The van der Waals surface area contributed by atoms with E-state index in [1.165, 1.54) is 22.6 Å². The maximum atomic E-state index is 12.6. The highest BCUT2D eigenvalue weighted by Crippen LogP contribution is 2.39. The van der Waals surface area contributed by atoms with Gasteiger partial charge in [0.1, 0.15) is 5.00 Å². The molecule has 2 amide bonds. The zero-order valence-electron chi connectivity index (χ0n) is 13.9. The Hall–Kier alpha value is -1.40. The normalized spacial score (nSPS) is 22.6. The first kappa shape index (κ1) is 16.5. The lowest BCUT2D eigenvalue weighted by Crippen LogP contribution is -2.46. The lowest BCUT2D eigenvalue weighted by Gasteiger charge is -2.34. The molecular weight excluding hydrogens is 310 g/mol. The number of nitrogens with one attached hydrogen (secondary N) is 1. The molecule has 1 aromatic heterocycles. The summed E-state index contributed by atoms with van der Waals surface area (Å²) in [5.74, 6) is 0.159. The molecule has 2 aliphatic rings. The SMILES string of the molecule is C[C@@H]1CCCN([C@H](C)C(=O)Nc2sc3c(c2C(N)=O)CCC3)C1. The number of piperidine rings is 1. The highest BCUT2D eigenvalue weighted by atomic mass is 32.1. The molecule has 6 heteroatoms. The molecule has 2 atom stereocenters. The van der Waals surface area contributed by atoms with Crippen molar-refractivity contribution in [1.29, 1.82) is 0 Å². The van der Waals surface area contributed by atoms with Crippen LogP contribution >= 0.6 is 11.3 Å². The van der Waals surface area contributed by atoms with Crippen LogP contribution in [0.15, 0.2) is 0 Å². The summed E-state index contributed by atoms with van der Waals surface area (Å²) < 4.78 is 0. The van der Waals surface area contributed by atoms with E-state index in [1.807, 2.05) is 6.92 Å². The molecule has 2 heterocycles. The van der Waals surface area contributed by atoms with Gasteiger partial charge >= 0.3 is 0 Å². The lowest BCUT2D eigenvalue weighted by atomic mass is 9.99. The summed E-state index contributed by atoms with van der Waals surface area (Å²) in [6.07, 6.45) is 5.30. The second kappa shape index (κ2) is 6.61. The number of likely N-dealkylation sites (tertiary alicyclic amines) is 1. The number of anilines is 1. The second-order valence-corrected chi connectivity index (χ2v) is 7.94. The van der Waals surface area contributed by atoms with Crippen LogP contribution in [-0.4, -0.2) is 35.8 Å². The number of hydrogen-bond acceptors (Lipinski definition) is 4. The number of primary amides is 1. The molecule has 5 nitrogen and oxygen atoms in total. The maximum absolute atomic E-state index is 12.6. The summed E-state index contributed by atoms with van der Waals surface area (Å²) in [6.45, 7) is 6.09. The molecule has 0 saturated carbocycles. The standard InChI is InChI=1S/C17H25N3O2S/c1-10-5-4-8-20(9-10)11(2)16(22)19-17-14(15(18)21)12-6-3-7-13(12)23-17/h10-11H,3-9H2,1-2H3,(H2,18,21)(H,19,22)/t10-,11-/m1/s1. The zero-order valence-corrected chi connectivity index (χ0v) is 14.7. The summed E-state index contributed by atoms with van der Waals surface area (Å²) >= 11 is 1.52.